The van der Waals surface area contributed by atoms with Crippen LogP contribution in [0.5, 0.6) is 0 Å². The first-order valence-electron chi connectivity index (χ1n) is 7.96. The normalized spacial score (nSPS) is 18.0. The molecule has 1 atom stereocenters. The number of nitrogens with zero attached hydrogens (tertiary/aromatic N) is 3. The summed E-state index contributed by atoms with van der Waals surface area (Å²) >= 11 is 0. The van der Waals surface area contributed by atoms with E-state index in [2.05, 4.69) is 17.1 Å². The average molecular weight is 299 g/mol. The van der Waals surface area contributed by atoms with Crippen LogP contribution in [0.4, 0.5) is 10.5 Å². The first-order chi connectivity index (χ1) is 10.8. The van der Waals surface area contributed by atoms with Gasteiger partial charge >= 0.3 is 6.09 Å². The summed E-state index contributed by atoms with van der Waals surface area (Å²) in [7, 11) is 0. The van der Waals surface area contributed by atoms with E-state index in [1.807, 2.05) is 18.2 Å². The Morgan fingerprint density at radius 2 is 2.00 bits per heavy atom. The van der Waals surface area contributed by atoms with E-state index in [0.717, 1.165) is 29.3 Å². The van der Waals surface area contributed by atoms with Crippen molar-refractivity contribution in [1.82, 2.24) is 10.2 Å². The van der Waals surface area contributed by atoms with Crippen molar-refractivity contribution in [2.24, 2.45) is 0 Å². The molecule has 1 saturated heterocycles. The minimum atomic E-state index is -0.248. The number of hydrogen-bond acceptors (Lipinski definition) is 4. The van der Waals surface area contributed by atoms with Crippen molar-refractivity contribution in [3.05, 3.63) is 30.6 Å². The summed E-state index contributed by atoms with van der Waals surface area (Å²) in [5.74, 6) is 0. The van der Waals surface area contributed by atoms with Crippen molar-refractivity contribution in [2.45, 2.75) is 45.1 Å². The van der Waals surface area contributed by atoms with Crippen LogP contribution in [0.2, 0.25) is 0 Å². The fourth-order valence-corrected chi connectivity index (χ4v) is 2.83. The van der Waals surface area contributed by atoms with Gasteiger partial charge in [0.2, 0.25) is 0 Å². The molecule has 1 aromatic carbocycles. The van der Waals surface area contributed by atoms with Gasteiger partial charge in [0.15, 0.2) is 0 Å². The van der Waals surface area contributed by atoms with Gasteiger partial charge in [0.25, 0.3) is 0 Å². The van der Waals surface area contributed by atoms with Crippen LogP contribution < -0.4 is 4.90 Å². The van der Waals surface area contributed by atoms with Gasteiger partial charge in [-0.05, 0) is 25.0 Å². The topological polar surface area (TPSA) is 55.3 Å². The van der Waals surface area contributed by atoms with Crippen LogP contribution in [-0.4, -0.2) is 28.9 Å². The number of amides is 1. The van der Waals surface area contributed by atoms with Crippen molar-refractivity contribution in [3.63, 3.8) is 0 Å². The molecule has 22 heavy (non-hydrogen) atoms. The second-order valence-corrected chi connectivity index (χ2v) is 5.77. The summed E-state index contributed by atoms with van der Waals surface area (Å²) in [4.78, 5) is 13.8. The van der Waals surface area contributed by atoms with Gasteiger partial charge in [-0.1, -0.05) is 32.3 Å². The van der Waals surface area contributed by atoms with Gasteiger partial charge in [-0.3, -0.25) is 4.90 Å². The molecule has 116 valence electrons. The highest BCUT2D eigenvalue weighted by molar-refractivity contribution is 5.93. The van der Waals surface area contributed by atoms with E-state index in [4.69, 9.17) is 4.74 Å². The Morgan fingerprint density at radius 3 is 2.82 bits per heavy atom. The van der Waals surface area contributed by atoms with E-state index in [-0.39, 0.29) is 12.2 Å². The lowest BCUT2D eigenvalue weighted by Gasteiger charge is -2.13. The highest BCUT2D eigenvalue weighted by Crippen LogP contribution is 2.26. The van der Waals surface area contributed by atoms with Gasteiger partial charge in [-0.15, -0.1) is 0 Å². The first-order valence-corrected chi connectivity index (χ1v) is 7.96. The number of aromatic nitrogens is 2. The lowest BCUT2D eigenvalue weighted by molar-refractivity contribution is 0.135. The predicted molar refractivity (Wildman–Crippen MR) is 85.9 cm³/mol. The van der Waals surface area contributed by atoms with Crippen LogP contribution in [-0.2, 0) is 4.74 Å². The lowest BCUT2D eigenvalue weighted by Crippen LogP contribution is -2.24. The Labute approximate surface area is 130 Å². The van der Waals surface area contributed by atoms with Crippen molar-refractivity contribution in [3.8, 4) is 0 Å². The number of carbonyl (C=O) groups is 1. The SMILES string of the molecule is CCCCCCC1CN(c2ccc3cnncc3c2)C(=O)O1. The van der Waals surface area contributed by atoms with Crippen molar-refractivity contribution in [1.29, 1.82) is 0 Å². The van der Waals surface area contributed by atoms with Crippen LogP contribution in [0.3, 0.4) is 0 Å². The van der Waals surface area contributed by atoms with E-state index in [1.54, 1.807) is 17.3 Å². The minimum absolute atomic E-state index is 0.00983. The fourth-order valence-electron chi connectivity index (χ4n) is 2.83. The van der Waals surface area contributed by atoms with Gasteiger partial charge in [0.1, 0.15) is 6.10 Å². The Morgan fingerprint density at radius 1 is 1.18 bits per heavy atom. The summed E-state index contributed by atoms with van der Waals surface area (Å²) in [5, 5.41) is 9.74. The molecule has 2 aromatic rings. The third-order valence-corrected chi connectivity index (χ3v) is 4.10. The van der Waals surface area contributed by atoms with Crippen molar-refractivity contribution < 1.29 is 9.53 Å². The van der Waals surface area contributed by atoms with E-state index in [1.165, 1.54) is 19.3 Å². The minimum Gasteiger partial charge on any atom is -0.444 e. The van der Waals surface area contributed by atoms with Gasteiger partial charge in [0.05, 0.1) is 18.9 Å². The molecule has 5 heteroatoms. The third-order valence-electron chi connectivity index (χ3n) is 4.10. The van der Waals surface area contributed by atoms with E-state index >= 15 is 0 Å². The molecule has 1 aliphatic heterocycles. The second kappa shape index (κ2) is 6.73. The molecule has 0 spiro atoms. The average Bonchev–Trinajstić information content (AvgIpc) is 2.92. The number of anilines is 1. The Balaban J connectivity index is 1.67. The largest absolute Gasteiger partial charge is 0.444 e. The van der Waals surface area contributed by atoms with E-state index < -0.39 is 0 Å². The van der Waals surface area contributed by atoms with E-state index in [9.17, 15) is 4.79 Å². The highest BCUT2D eigenvalue weighted by atomic mass is 16.6. The van der Waals surface area contributed by atoms with Crippen LogP contribution in [0.15, 0.2) is 30.6 Å². The van der Waals surface area contributed by atoms with Gasteiger partial charge < -0.3 is 4.74 Å². The number of cyclic esters (lactones) is 1. The zero-order valence-electron chi connectivity index (χ0n) is 12.9. The number of benzene rings is 1. The van der Waals surface area contributed by atoms with E-state index in [0.29, 0.717) is 6.54 Å². The second-order valence-electron chi connectivity index (χ2n) is 5.77. The van der Waals surface area contributed by atoms with Crippen LogP contribution in [0.1, 0.15) is 39.0 Å². The quantitative estimate of drug-likeness (QED) is 0.758. The maximum atomic E-state index is 12.1. The molecule has 2 heterocycles. The lowest BCUT2D eigenvalue weighted by atomic mass is 10.1. The molecular formula is C17H21N3O2. The zero-order valence-corrected chi connectivity index (χ0v) is 12.9. The predicted octanol–water partition coefficient (Wildman–Crippen LogP) is 3.93. The summed E-state index contributed by atoms with van der Waals surface area (Å²) in [6.07, 6.45) is 8.93. The van der Waals surface area contributed by atoms with Crippen LogP contribution in [0.25, 0.3) is 10.8 Å². The molecule has 1 aromatic heterocycles. The molecule has 1 amide bonds. The number of fused-ring (bicyclic) bond motifs is 1. The number of ether oxygens (including phenoxy) is 1. The first kappa shape index (κ1) is 14.8. The third kappa shape index (κ3) is 3.18. The molecule has 0 saturated carbocycles. The zero-order chi connectivity index (χ0) is 15.4. The Kier molecular flexibility index (Phi) is 4.51. The molecular weight excluding hydrogens is 278 g/mol. The molecule has 1 unspecified atom stereocenters. The number of rotatable bonds is 6. The number of carbonyl (C=O) groups excluding carboxylic acids is 1. The smallest absolute Gasteiger partial charge is 0.414 e. The maximum absolute atomic E-state index is 12.1. The standard InChI is InChI=1S/C17H21N3O2/c1-2-3-4-5-6-16-12-20(17(21)22-16)15-8-7-13-10-18-19-11-14(13)9-15/h7-11,16H,2-6,12H2,1H3. The van der Waals surface area contributed by atoms with Crippen molar-refractivity contribution in [2.75, 3.05) is 11.4 Å². The maximum Gasteiger partial charge on any atom is 0.414 e. The molecule has 0 bridgehead atoms. The molecule has 1 aliphatic rings. The fraction of sp³-hybridized carbons (Fsp3) is 0.471. The molecule has 1 fully saturated rings. The van der Waals surface area contributed by atoms with Crippen LogP contribution in [0, 0.1) is 0 Å². The monoisotopic (exact) mass is 299 g/mol. The van der Waals surface area contributed by atoms with Crippen LogP contribution >= 0.6 is 0 Å². The molecule has 0 radical (unpaired) electrons. The summed E-state index contributed by atoms with van der Waals surface area (Å²) in [6, 6.07) is 5.86. The Hall–Kier alpha value is -2.17. The highest BCUT2D eigenvalue weighted by Gasteiger charge is 2.31. The summed E-state index contributed by atoms with van der Waals surface area (Å²) in [6.45, 7) is 2.83. The molecule has 0 N–H and O–H groups in total. The van der Waals surface area contributed by atoms with Gasteiger partial charge in [-0.25, -0.2) is 4.79 Å². The van der Waals surface area contributed by atoms with Gasteiger partial charge in [-0.2, -0.15) is 10.2 Å². The van der Waals surface area contributed by atoms with Crippen molar-refractivity contribution >= 4 is 22.6 Å². The molecule has 3 rings (SSSR count). The summed E-state index contributed by atoms with van der Waals surface area (Å²) in [5.41, 5.74) is 0.863. The molecule has 5 nitrogen and oxygen atoms in total. The summed E-state index contributed by atoms with van der Waals surface area (Å²) < 4.78 is 5.48. The number of unbranched alkanes of at least 4 members (excludes halogenated alkanes) is 3. The molecule has 0 aliphatic carbocycles. The van der Waals surface area contributed by atoms with Gasteiger partial charge in [0, 0.05) is 16.5 Å². The Bertz CT molecular complexity index is 659. The number of hydrogen-bond donors (Lipinski definition) is 0.